The number of hydrogen-bond acceptors (Lipinski definition) is 9. The molecule has 0 saturated carbocycles. The molecule has 2 N–H and O–H groups in total. The quantitative estimate of drug-likeness (QED) is 0.402. The minimum atomic E-state index is -1.36. The van der Waals surface area contributed by atoms with Crippen LogP contribution in [0.15, 0.2) is 67.3 Å². The molecule has 0 radical (unpaired) electrons. The molecule has 180 valence electrons. The van der Waals surface area contributed by atoms with Crippen LogP contribution >= 0.6 is 0 Å². The number of carbonyl (C=O) groups excluding carboxylic acids is 3. The van der Waals surface area contributed by atoms with Gasteiger partial charge in [-0.3, -0.25) is 19.0 Å². The third-order valence-electron chi connectivity index (χ3n) is 6.53. The van der Waals surface area contributed by atoms with Crippen molar-refractivity contribution < 1.29 is 29.3 Å². The summed E-state index contributed by atoms with van der Waals surface area (Å²) >= 11 is 0. The Kier molecular flexibility index (Phi) is 5.18. The molecule has 4 aromatic rings. The van der Waals surface area contributed by atoms with Gasteiger partial charge in [-0.15, -0.1) is 0 Å². The van der Waals surface area contributed by atoms with E-state index in [9.17, 15) is 24.6 Å². The van der Waals surface area contributed by atoms with Crippen molar-refractivity contribution in [1.82, 2.24) is 19.5 Å². The lowest BCUT2D eigenvalue weighted by Crippen LogP contribution is -2.39. The van der Waals surface area contributed by atoms with E-state index in [1.807, 2.05) is 0 Å². The molecule has 2 aromatic carbocycles. The van der Waals surface area contributed by atoms with Gasteiger partial charge in [0.05, 0.1) is 30.5 Å². The number of carbonyl (C=O) groups is 3. The number of anilines is 1. The molecule has 1 fully saturated rings. The Morgan fingerprint density at radius 3 is 2.44 bits per heavy atom. The second-order valence-electron chi connectivity index (χ2n) is 8.51. The highest BCUT2D eigenvalue weighted by Crippen LogP contribution is 2.40. The Hall–Kier alpha value is -4.32. The Morgan fingerprint density at radius 2 is 1.69 bits per heavy atom. The lowest BCUT2D eigenvalue weighted by atomic mass is 9.88. The highest BCUT2D eigenvalue weighted by Gasteiger charge is 2.50. The van der Waals surface area contributed by atoms with Crippen molar-refractivity contribution in [2.75, 3.05) is 11.5 Å². The average Bonchev–Trinajstić information content (AvgIpc) is 3.49. The van der Waals surface area contributed by atoms with E-state index in [1.54, 1.807) is 42.5 Å². The third-order valence-corrected chi connectivity index (χ3v) is 6.53. The monoisotopic (exact) mass is 485 g/mol. The van der Waals surface area contributed by atoms with Crippen LogP contribution in [0.25, 0.3) is 11.2 Å². The largest absolute Gasteiger partial charge is 0.394 e. The van der Waals surface area contributed by atoms with Crippen molar-refractivity contribution >= 4 is 34.6 Å². The van der Waals surface area contributed by atoms with Gasteiger partial charge in [0.25, 0.3) is 11.8 Å². The lowest BCUT2D eigenvalue weighted by molar-refractivity contribution is -0.0444. The molecule has 1 saturated heterocycles. The van der Waals surface area contributed by atoms with Gasteiger partial charge in [0, 0.05) is 11.1 Å². The standard InChI is InChI=1S/C25H19N5O6/c31-10-16-20(33)17-19(32)14-8-4-5-9-15(14)24(35)30(23(34)13-6-2-1-3-7-13)22-18-21(26-11-27-22)29(12-28-18)25(17)36-16/h1-9,11-12,16-17,20,25,31,33H,10H2/t16-,17-,20-,25-/m1/s1. The predicted octanol–water partition coefficient (Wildman–Crippen LogP) is 1.38. The van der Waals surface area contributed by atoms with Crippen LogP contribution in [0.5, 0.6) is 0 Å². The van der Waals surface area contributed by atoms with E-state index in [1.165, 1.54) is 29.4 Å². The van der Waals surface area contributed by atoms with Crippen molar-refractivity contribution in [3.63, 3.8) is 0 Å². The summed E-state index contributed by atoms with van der Waals surface area (Å²) in [6, 6.07) is 14.3. The van der Waals surface area contributed by atoms with Crippen LogP contribution in [0.2, 0.25) is 0 Å². The number of Topliss-reactive ketones (excluding diaryl/α,β-unsaturated/α-hetero) is 1. The van der Waals surface area contributed by atoms with E-state index in [-0.39, 0.29) is 33.7 Å². The summed E-state index contributed by atoms with van der Waals surface area (Å²) in [4.78, 5) is 55.2. The lowest BCUT2D eigenvalue weighted by Gasteiger charge is -2.22. The fraction of sp³-hybridized carbons (Fsp3) is 0.200. The smallest absolute Gasteiger partial charge is 0.267 e. The number of imidazole rings is 1. The first kappa shape index (κ1) is 22.2. The highest BCUT2D eigenvalue weighted by molar-refractivity contribution is 6.28. The maximum Gasteiger partial charge on any atom is 0.267 e. The van der Waals surface area contributed by atoms with Crippen LogP contribution < -0.4 is 4.90 Å². The first-order valence-electron chi connectivity index (χ1n) is 11.2. The van der Waals surface area contributed by atoms with Gasteiger partial charge >= 0.3 is 0 Å². The van der Waals surface area contributed by atoms with E-state index in [0.717, 1.165) is 4.90 Å². The fourth-order valence-electron chi connectivity index (χ4n) is 4.79. The molecule has 2 aliphatic heterocycles. The van der Waals surface area contributed by atoms with Crippen molar-refractivity contribution in [1.29, 1.82) is 0 Å². The first-order valence-corrected chi connectivity index (χ1v) is 11.2. The average molecular weight is 485 g/mol. The number of rotatable bonds is 2. The van der Waals surface area contributed by atoms with Crippen molar-refractivity contribution in [2.45, 2.75) is 18.4 Å². The molecular formula is C25H19N5O6. The van der Waals surface area contributed by atoms with Crippen LogP contribution in [0, 0.1) is 5.92 Å². The Bertz CT molecular complexity index is 1520. The molecular weight excluding hydrogens is 466 g/mol. The molecule has 4 atom stereocenters. The van der Waals surface area contributed by atoms with Gasteiger partial charge in [0.2, 0.25) is 0 Å². The molecule has 4 bridgehead atoms. The van der Waals surface area contributed by atoms with Gasteiger partial charge in [-0.25, -0.2) is 19.9 Å². The molecule has 0 aliphatic carbocycles. The molecule has 2 aromatic heterocycles. The third kappa shape index (κ3) is 3.18. The summed E-state index contributed by atoms with van der Waals surface area (Å²) in [7, 11) is 0. The predicted molar refractivity (Wildman–Crippen MR) is 124 cm³/mol. The number of hydrogen-bond donors (Lipinski definition) is 2. The zero-order valence-electron chi connectivity index (χ0n) is 18.6. The molecule has 2 amide bonds. The second kappa shape index (κ2) is 8.41. The van der Waals surface area contributed by atoms with Crippen molar-refractivity contribution in [3.8, 4) is 0 Å². The summed E-state index contributed by atoms with van der Waals surface area (Å²) in [5, 5.41) is 20.7. The minimum absolute atomic E-state index is 0.00609. The maximum atomic E-state index is 14.0. The molecule has 11 heteroatoms. The Balaban J connectivity index is 1.65. The van der Waals surface area contributed by atoms with Gasteiger partial charge in [-0.2, -0.15) is 0 Å². The van der Waals surface area contributed by atoms with Crippen LogP contribution in [0.4, 0.5) is 5.82 Å². The van der Waals surface area contributed by atoms with Crippen molar-refractivity contribution in [2.24, 2.45) is 5.92 Å². The van der Waals surface area contributed by atoms with Crippen LogP contribution in [0.3, 0.4) is 0 Å². The second-order valence-corrected chi connectivity index (χ2v) is 8.51. The number of imide groups is 1. The minimum Gasteiger partial charge on any atom is -0.394 e. The number of benzene rings is 2. The van der Waals surface area contributed by atoms with Gasteiger partial charge in [0.1, 0.15) is 18.7 Å². The van der Waals surface area contributed by atoms with Crippen LogP contribution in [-0.4, -0.2) is 66.1 Å². The summed E-state index contributed by atoms with van der Waals surface area (Å²) in [6.45, 7) is -0.520. The summed E-state index contributed by atoms with van der Waals surface area (Å²) in [6.07, 6.45) is -0.938. The first-order chi connectivity index (χ1) is 17.5. The van der Waals surface area contributed by atoms with Gasteiger partial charge in [0.15, 0.2) is 22.8 Å². The zero-order chi connectivity index (χ0) is 25.0. The van der Waals surface area contributed by atoms with E-state index in [0.29, 0.717) is 0 Å². The highest BCUT2D eigenvalue weighted by atomic mass is 16.5. The topological polar surface area (TPSA) is 148 Å². The summed E-state index contributed by atoms with van der Waals surface area (Å²) in [5.41, 5.74) is 0.516. The Morgan fingerprint density at radius 1 is 0.972 bits per heavy atom. The van der Waals surface area contributed by atoms with E-state index in [4.69, 9.17) is 4.74 Å². The van der Waals surface area contributed by atoms with Crippen molar-refractivity contribution in [3.05, 3.63) is 83.9 Å². The van der Waals surface area contributed by atoms with Crippen LogP contribution in [0.1, 0.15) is 37.3 Å². The van der Waals surface area contributed by atoms with Gasteiger partial charge < -0.3 is 14.9 Å². The maximum absolute atomic E-state index is 14.0. The number of fused-ring (bicyclic) bond motifs is 3. The summed E-state index contributed by atoms with van der Waals surface area (Å²) in [5.74, 6) is -3.26. The number of ketones is 1. The Labute approximate surface area is 203 Å². The van der Waals surface area contributed by atoms with E-state index >= 15 is 0 Å². The van der Waals surface area contributed by atoms with E-state index in [2.05, 4.69) is 15.0 Å². The van der Waals surface area contributed by atoms with Gasteiger partial charge in [-0.05, 0) is 18.2 Å². The number of amides is 2. The molecule has 0 spiro atoms. The van der Waals surface area contributed by atoms with Crippen LogP contribution in [-0.2, 0) is 4.74 Å². The molecule has 6 rings (SSSR count). The number of aliphatic hydroxyl groups is 2. The zero-order valence-corrected chi connectivity index (χ0v) is 18.6. The normalized spacial score (nSPS) is 23.4. The number of ether oxygens (including phenoxy) is 1. The molecule has 0 unspecified atom stereocenters. The fourth-order valence-corrected chi connectivity index (χ4v) is 4.79. The molecule has 4 heterocycles. The summed E-state index contributed by atoms with van der Waals surface area (Å²) < 4.78 is 7.33. The van der Waals surface area contributed by atoms with Gasteiger partial charge in [-0.1, -0.05) is 36.4 Å². The number of aliphatic hydroxyl groups excluding tert-OH is 2. The molecule has 36 heavy (non-hydrogen) atoms. The number of nitrogens with zero attached hydrogens (tertiary/aromatic N) is 5. The SMILES string of the molecule is O=C1c2ccccc2C(=O)N(C(=O)c2ccccc2)c2ncnc3c2ncn3[C@@H]2O[C@H](CO)[C@@H](O)[C@@H]12. The molecule has 2 aliphatic rings. The van der Waals surface area contributed by atoms with E-state index < -0.39 is 48.6 Å². The molecule has 11 nitrogen and oxygen atoms in total. The number of aromatic nitrogens is 4.